The van der Waals surface area contributed by atoms with Gasteiger partial charge < -0.3 is 0 Å². The Balaban J connectivity index is 0.903. The van der Waals surface area contributed by atoms with Crippen LogP contribution in [0.3, 0.4) is 0 Å². The minimum absolute atomic E-state index is 0.599. The standard InChI is InChI=1S/C62H36N4/c63-37-38-18-20-39(21-19-38)40-26-31-47(32-27-40)61-64-60(46-8-2-1-3-9-46)65-62(66-61)50-14-4-13-48(34-50)41-22-24-42(25-23-41)51-35-49-33-30-45-11-6-16-53-52-15-5-10-43-28-29-44-12-7-17-54(58(44)56(43)52)55(36-51)59(49)57(45)53/h1-36H. The summed E-state index contributed by atoms with van der Waals surface area (Å²) in [5.74, 6) is 1.82. The van der Waals surface area contributed by atoms with E-state index in [1.807, 2.05) is 66.7 Å². The van der Waals surface area contributed by atoms with Gasteiger partial charge in [0.05, 0.1) is 11.6 Å². The van der Waals surface area contributed by atoms with Gasteiger partial charge in [0.2, 0.25) is 0 Å². The molecular formula is C62H36N4. The number of hydrogen-bond acceptors (Lipinski definition) is 4. The predicted molar refractivity (Wildman–Crippen MR) is 273 cm³/mol. The maximum Gasteiger partial charge on any atom is 0.164 e. The lowest BCUT2D eigenvalue weighted by Gasteiger charge is -2.17. The van der Waals surface area contributed by atoms with Gasteiger partial charge in [-0.05, 0) is 128 Å². The fourth-order valence-corrected chi connectivity index (χ4v) is 10.0. The molecule has 0 saturated carbocycles. The van der Waals surface area contributed by atoms with Crippen LogP contribution in [0.4, 0.5) is 0 Å². The summed E-state index contributed by atoms with van der Waals surface area (Å²) in [6.45, 7) is 0. The molecule has 13 aromatic rings. The molecule has 0 atom stereocenters. The van der Waals surface area contributed by atoms with Crippen molar-refractivity contribution in [2.45, 2.75) is 0 Å². The molecule has 0 spiro atoms. The van der Waals surface area contributed by atoms with E-state index in [0.717, 1.165) is 44.5 Å². The third kappa shape index (κ3) is 6.18. The Labute approximate surface area is 380 Å². The van der Waals surface area contributed by atoms with E-state index in [1.54, 1.807) is 0 Å². The van der Waals surface area contributed by atoms with Crippen LogP contribution in [0.25, 0.3) is 132 Å². The average Bonchev–Trinajstić information content (AvgIpc) is 3.39. The van der Waals surface area contributed by atoms with Crippen LogP contribution < -0.4 is 0 Å². The molecule has 1 aromatic heterocycles. The van der Waals surface area contributed by atoms with Crippen LogP contribution in [0, 0.1) is 11.3 Å². The minimum Gasteiger partial charge on any atom is -0.208 e. The number of aromatic nitrogens is 3. The molecule has 0 amide bonds. The van der Waals surface area contributed by atoms with E-state index in [9.17, 15) is 5.26 Å². The summed E-state index contributed by atoms with van der Waals surface area (Å²) in [4.78, 5) is 15.1. The van der Waals surface area contributed by atoms with Gasteiger partial charge in [-0.2, -0.15) is 5.26 Å². The molecule has 0 unspecified atom stereocenters. The molecule has 0 radical (unpaired) electrons. The molecule has 0 aliphatic rings. The lowest BCUT2D eigenvalue weighted by molar-refractivity contribution is 1.07. The Bertz CT molecular complexity index is 4070. The summed E-state index contributed by atoms with van der Waals surface area (Å²) in [5, 5.41) is 24.6. The van der Waals surface area contributed by atoms with Crippen LogP contribution in [0.15, 0.2) is 218 Å². The van der Waals surface area contributed by atoms with Gasteiger partial charge in [0.1, 0.15) is 0 Å². The van der Waals surface area contributed by atoms with E-state index in [4.69, 9.17) is 15.0 Å². The smallest absolute Gasteiger partial charge is 0.164 e. The maximum absolute atomic E-state index is 9.26. The van der Waals surface area contributed by atoms with Crippen molar-refractivity contribution < 1.29 is 0 Å². The average molecular weight is 837 g/mol. The first-order valence-electron chi connectivity index (χ1n) is 22.2. The highest BCUT2D eigenvalue weighted by atomic mass is 15.0. The molecule has 0 N–H and O–H groups in total. The first-order chi connectivity index (χ1) is 32.6. The molecule has 0 aliphatic heterocycles. The third-order valence-electron chi connectivity index (χ3n) is 13.3. The SMILES string of the molecule is N#Cc1ccc(-c2ccc(-c3nc(-c4ccccc4)nc(-c4cccc(-c5ccc(-c6cc7ccc8cccc9c%10cccc%11ccc%12cccc(c(c6)c7c89)c%12c%11%10)cc5)c4)n3)cc2)cc1. The number of fused-ring (bicyclic) bond motifs is 2. The van der Waals surface area contributed by atoms with Crippen LogP contribution in [0.2, 0.25) is 0 Å². The van der Waals surface area contributed by atoms with Crippen molar-refractivity contribution in [3.05, 3.63) is 224 Å². The molecule has 0 aliphatic carbocycles. The zero-order chi connectivity index (χ0) is 43.7. The van der Waals surface area contributed by atoms with Crippen LogP contribution >= 0.6 is 0 Å². The molecule has 0 saturated heterocycles. The molecular weight excluding hydrogens is 801 g/mol. The fourth-order valence-electron chi connectivity index (χ4n) is 10.0. The van der Waals surface area contributed by atoms with Crippen LogP contribution in [0.1, 0.15) is 5.56 Å². The highest BCUT2D eigenvalue weighted by Gasteiger charge is 2.18. The van der Waals surface area contributed by atoms with Gasteiger partial charge in [-0.1, -0.05) is 188 Å². The number of rotatable bonds is 6. The summed E-state index contributed by atoms with van der Waals surface area (Å²) in [6, 6.07) is 79.7. The predicted octanol–water partition coefficient (Wildman–Crippen LogP) is 16.1. The minimum atomic E-state index is 0.599. The van der Waals surface area contributed by atoms with E-state index >= 15 is 0 Å². The number of nitrogens with zero attached hydrogens (tertiary/aromatic N) is 4. The molecule has 66 heavy (non-hydrogen) atoms. The highest BCUT2D eigenvalue weighted by molar-refractivity contribution is 6.37. The van der Waals surface area contributed by atoms with Crippen molar-refractivity contribution in [2.75, 3.05) is 0 Å². The molecule has 1 heterocycles. The maximum atomic E-state index is 9.26. The van der Waals surface area contributed by atoms with Crippen molar-refractivity contribution in [2.24, 2.45) is 0 Å². The van der Waals surface area contributed by atoms with Crippen molar-refractivity contribution in [1.29, 1.82) is 5.26 Å². The van der Waals surface area contributed by atoms with Gasteiger partial charge in [0.15, 0.2) is 17.5 Å². The first-order valence-corrected chi connectivity index (χ1v) is 22.2. The van der Waals surface area contributed by atoms with E-state index in [0.29, 0.717) is 23.0 Å². The molecule has 4 nitrogen and oxygen atoms in total. The quantitative estimate of drug-likeness (QED) is 0.157. The van der Waals surface area contributed by atoms with Crippen molar-refractivity contribution in [3.8, 4) is 73.6 Å². The summed E-state index contributed by atoms with van der Waals surface area (Å²) < 4.78 is 0. The molecule has 0 fully saturated rings. The van der Waals surface area contributed by atoms with E-state index in [2.05, 4.69) is 158 Å². The topological polar surface area (TPSA) is 62.5 Å². The van der Waals surface area contributed by atoms with Gasteiger partial charge >= 0.3 is 0 Å². The first kappa shape index (κ1) is 37.5. The van der Waals surface area contributed by atoms with Crippen LogP contribution in [0.5, 0.6) is 0 Å². The monoisotopic (exact) mass is 836 g/mol. The van der Waals surface area contributed by atoms with Gasteiger partial charge in [0, 0.05) is 16.7 Å². The molecule has 4 heteroatoms. The number of benzene rings is 11. The Morgan fingerprint density at radius 1 is 0.258 bits per heavy atom. The van der Waals surface area contributed by atoms with Gasteiger partial charge in [-0.25, -0.2) is 15.0 Å². The summed E-state index contributed by atoms with van der Waals surface area (Å²) >= 11 is 0. The Morgan fingerprint density at radius 2 is 0.652 bits per heavy atom. The van der Waals surface area contributed by atoms with Crippen LogP contribution in [-0.2, 0) is 0 Å². The second kappa shape index (κ2) is 15.1. The fraction of sp³-hybridized carbons (Fsp3) is 0. The molecule has 0 bridgehead atoms. The normalized spacial score (nSPS) is 11.6. The summed E-state index contributed by atoms with van der Waals surface area (Å²) in [7, 11) is 0. The Kier molecular flexibility index (Phi) is 8.56. The van der Waals surface area contributed by atoms with Crippen LogP contribution in [-0.4, -0.2) is 15.0 Å². The van der Waals surface area contributed by atoms with Gasteiger partial charge in [-0.15, -0.1) is 0 Å². The van der Waals surface area contributed by atoms with Gasteiger partial charge in [0.25, 0.3) is 0 Å². The molecule has 13 rings (SSSR count). The lowest BCUT2D eigenvalue weighted by Crippen LogP contribution is -2.00. The zero-order valence-corrected chi connectivity index (χ0v) is 35.6. The number of nitriles is 1. The second-order valence-electron chi connectivity index (χ2n) is 17.1. The second-order valence-corrected chi connectivity index (χ2v) is 17.1. The van der Waals surface area contributed by atoms with E-state index in [-0.39, 0.29) is 0 Å². The van der Waals surface area contributed by atoms with Gasteiger partial charge in [-0.3, -0.25) is 0 Å². The molecule has 12 aromatic carbocycles. The zero-order valence-electron chi connectivity index (χ0n) is 35.6. The molecule has 304 valence electrons. The Morgan fingerprint density at radius 3 is 1.21 bits per heavy atom. The highest BCUT2D eigenvalue weighted by Crippen LogP contribution is 2.44. The van der Waals surface area contributed by atoms with Crippen molar-refractivity contribution >= 4 is 64.6 Å². The van der Waals surface area contributed by atoms with E-state index < -0.39 is 0 Å². The largest absolute Gasteiger partial charge is 0.208 e. The van der Waals surface area contributed by atoms with Crippen molar-refractivity contribution in [3.63, 3.8) is 0 Å². The third-order valence-corrected chi connectivity index (χ3v) is 13.3. The summed E-state index contributed by atoms with van der Waals surface area (Å²) in [5.41, 5.74) is 9.98. The van der Waals surface area contributed by atoms with Crippen molar-refractivity contribution in [1.82, 2.24) is 15.0 Å². The summed E-state index contributed by atoms with van der Waals surface area (Å²) in [6.07, 6.45) is 0. The Hall–Kier alpha value is -9.04. The number of hydrogen-bond donors (Lipinski definition) is 0. The lowest BCUT2D eigenvalue weighted by atomic mass is 9.86. The van der Waals surface area contributed by atoms with E-state index in [1.165, 1.54) is 70.2 Å².